The SMILES string of the molecule is CCCCCOCCCC(CC)NCC. The highest BCUT2D eigenvalue weighted by Crippen LogP contribution is 2.02. The molecule has 0 aliphatic heterocycles. The molecule has 0 aromatic heterocycles. The molecule has 2 heteroatoms. The van der Waals surface area contributed by atoms with Gasteiger partial charge in [-0.15, -0.1) is 0 Å². The fraction of sp³-hybridized carbons (Fsp3) is 1.00. The number of ether oxygens (including phenoxy) is 1. The van der Waals surface area contributed by atoms with Gasteiger partial charge in [0.25, 0.3) is 0 Å². The van der Waals surface area contributed by atoms with Crippen molar-refractivity contribution in [3.8, 4) is 0 Å². The zero-order valence-corrected chi connectivity index (χ0v) is 10.8. The quantitative estimate of drug-likeness (QED) is 0.534. The average Bonchev–Trinajstić information content (AvgIpc) is 2.26. The summed E-state index contributed by atoms with van der Waals surface area (Å²) in [6.07, 6.45) is 7.47. The lowest BCUT2D eigenvalue weighted by Gasteiger charge is -2.15. The second kappa shape index (κ2) is 12.0. The summed E-state index contributed by atoms with van der Waals surface area (Å²) >= 11 is 0. The van der Waals surface area contributed by atoms with Gasteiger partial charge in [-0.25, -0.2) is 0 Å². The van der Waals surface area contributed by atoms with Gasteiger partial charge in [-0.2, -0.15) is 0 Å². The van der Waals surface area contributed by atoms with Crippen LogP contribution in [0, 0.1) is 0 Å². The molecule has 0 fully saturated rings. The first-order chi connectivity index (χ1) is 7.35. The minimum atomic E-state index is 0.689. The van der Waals surface area contributed by atoms with E-state index in [0.717, 1.165) is 19.8 Å². The first kappa shape index (κ1) is 14.9. The molecule has 1 N–H and O–H groups in total. The molecule has 0 radical (unpaired) electrons. The Morgan fingerprint density at radius 1 is 1.00 bits per heavy atom. The summed E-state index contributed by atoms with van der Waals surface area (Å²) in [7, 11) is 0. The van der Waals surface area contributed by atoms with E-state index < -0.39 is 0 Å². The molecule has 0 amide bonds. The second-order valence-corrected chi connectivity index (χ2v) is 4.12. The molecule has 1 atom stereocenters. The Morgan fingerprint density at radius 3 is 2.33 bits per heavy atom. The maximum atomic E-state index is 5.58. The highest BCUT2D eigenvalue weighted by atomic mass is 16.5. The normalized spacial score (nSPS) is 13.0. The summed E-state index contributed by atoms with van der Waals surface area (Å²) < 4.78 is 5.58. The van der Waals surface area contributed by atoms with E-state index in [9.17, 15) is 0 Å². The molecule has 2 nitrogen and oxygen atoms in total. The maximum Gasteiger partial charge on any atom is 0.0466 e. The number of nitrogens with one attached hydrogen (secondary N) is 1. The summed E-state index contributed by atoms with van der Waals surface area (Å²) in [6, 6.07) is 0.689. The molecule has 0 aliphatic rings. The number of hydrogen-bond donors (Lipinski definition) is 1. The fourth-order valence-corrected chi connectivity index (χ4v) is 1.73. The number of rotatable bonds is 11. The average molecular weight is 215 g/mol. The van der Waals surface area contributed by atoms with Gasteiger partial charge in [-0.05, 0) is 32.2 Å². The lowest BCUT2D eigenvalue weighted by Crippen LogP contribution is -2.28. The van der Waals surface area contributed by atoms with E-state index in [4.69, 9.17) is 4.74 Å². The molecule has 0 aliphatic carbocycles. The molecule has 0 saturated carbocycles. The summed E-state index contributed by atoms with van der Waals surface area (Å²) in [5.41, 5.74) is 0. The first-order valence-corrected chi connectivity index (χ1v) is 6.66. The van der Waals surface area contributed by atoms with Crippen molar-refractivity contribution in [2.75, 3.05) is 19.8 Å². The van der Waals surface area contributed by atoms with Crippen LogP contribution >= 0.6 is 0 Å². The standard InChI is InChI=1S/C13H29NO/c1-4-7-8-11-15-12-9-10-13(5-2)14-6-3/h13-14H,4-12H2,1-3H3. The van der Waals surface area contributed by atoms with Gasteiger partial charge in [0.05, 0.1) is 0 Å². The Bertz CT molecular complexity index is 117. The van der Waals surface area contributed by atoms with Gasteiger partial charge >= 0.3 is 0 Å². The van der Waals surface area contributed by atoms with Crippen LogP contribution in [0.2, 0.25) is 0 Å². The van der Waals surface area contributed by atoms with E-state index in [1.165, 1.54) is 38.5 Å². The van der Waals surface area contributed by atoms with E-state index in [1.54, 1.807) is 0 Å². The summed E-state index contributed by atoms with van der Waals surface area (Å²) in [5.74, 6) is 0. The van der Waals surface area contributed by atoms with Crippen molar-refractivity contribution in [3.63, 3.8) is 0 Å². The Labute approximate surface area is 95.8 Å². The third kappa shape index (κ3) is 10.2. The predicted octanol–water partition coefficient (Wildman–Crippen LogP) is 3.36. The van der Waals surface area contributed by atoms with Crippen LogP contribution < -0.4 is 5.32 Å². The van der Waals surface area contributed by atoms with Gasteiger partial charge in [0.1, 0.15) is 0 Å². The van der Waals surface area contributed by atoms with Crippen molar-refractivity contribution < 1.29 is 4.74 Å². The van der Waals surface area contributed by atoms with Crippen LogP contribution in [0.1, 0.15) is 59.3 Å². The Kier molecular flexibility index (Phi) is 11.9. The van der Waals surface area contributed by atoms with Crippen LogP contribution in [-0.2, 0) is 4.74 Å². The zero-order valence-electron chi connectivity index (χ0n) is 10.8. The molecular formula is C13H29NO. The van der Waals surface area contributed by atoms with Crippen molar-refractivity contribution in [2.24, 2.45) is 0 Å². The number of hydrogen-bond acceptors (Lipinski definition) is 2. The summed E-state index contributed by atoms with van der Waals surface area (Å²) in [4.78, 5) is 0. The van der Waals surface area contributed by atoms with Gasteiger partial charge in [-0.1, -0.05) is 33.6 Å². The molecule has 0 aromatic rings. The molecule has 0 spiro atoms. The van der Waals surface area contributed by atoms with E-state index in [1.807, 2.05) is 0 Å². The van der Waals surface area contributed by atoms with Crippen molar-refractivity contribution in [3.05, 3.63) is 0 Å². The minimum absolute atomic E-state index is 0.689. The monoisotopic (exact) mass is 215 g/mol. The van der Waals surface area contributed by atoms with Crippen molar-refractivity contribution in [1.29, 1.82) is 0 Å². The highest BCUT2D eigenvalue weighted by Gasteiger charge is 2.02. The number of unbranched alkanes of at least 4 members (excludes halogenated alkanes) is 2. The summed E-state index contributed by atoms with van der Waals surface area (Å²) in [6.45, 7) is 9.61. The lowest BCUT2D eigenvalue weighted by molar-refractivity contribution is 0.124. The Morgan fingerprint density at radius 2 is 1.73 bits per heavy atom. The van der Waals surface area contributed by atoms with Gasteiger partial charge in [-0.3, -0.25) is 0 Å². The van der Waals surface area contributed by atoms with Crippen LogP contribution in [0.15, 0.2) is 0 Å². The Hall–Kier alpha value is -0.0800. The van der Waals surface area contributed by atoms with E-state index in [0.29, 0.717) is 6.04 Å². The third-order valence-electron chi connectivity index (χ3n) is 2.72. The predicted molar refractivity (Wildman–Crippen MR) is 67.3 cm³/mol. The minimum Gasteiger partial charge on any atom is -0.381 e. The molecule has 0 saturated heterocycles. The van der Waals surface area contributed by atoms with Crippen molar-refractivity contribution >= 4 is 0 Å². The van der Waals surface area contributed by atoms with Crippen LogP contribution in [-0.4, -0.2) is 25.8 Å². The molecule has 1 unspecified atom stereocenters. The van der Waals surface area contributed by atoms with E-state index in [-0.39, 0.29) is 0 Å². The molecular weight excluding hydrogens is 186 g/mol. The van der Waals surface area contributed by atoms with E-state index in [2.05, 4.69) is 26.1 Å². The molecule has 0 bridgehead atoms. The van der Waals surface area contributed by atoms with Crippen LogP contribution in [0.5, 0.6) is 0 Å². The molecule has 0 rings (SSSR count). The van der Waals surface area contributed by atoms with Crippen molar-refractivity contribution in [1.82, 2.24) is 5.32 Å². The fourth-order valence-electron chi connectivity index (χ4n) is 1.73. The Balaban J connectivity index is 3.14. The molecule has 0 heterocycles. The third-order valence-corrected chi connectivity index (χ3v) is 2.72. The van der Waals surface area contributed by atoms with Gasteiger partial charge in [0.2, 0.25) is 0 Å². The van der Waals surface area contributed by atoms with Crippen LogP contribution in [0.3, 0.4) is 0 Å². The largest absolute Gasteiger partial charge is 0.381 e. The lowest BCUT2D eigenvalue weighted by atomic mass is 10.1. The highest BCUT2D eigenvalue weighted by molar-refractivity contribution is 4.63. The zero-order chi connectivity index (χ0) is 11.4. The van der Waals surface area contributed by atoms with Gasteiger partial charge in [0, 0.05) is 19.3 Å². The van der Waals surface area contributed by atoms with E-state index >= 15 is 0 Å². The summed E-state index contributed by atoms with van der Waals surface area (Å²) in [5, 5.41) is 3.49. The second-order valence-electron chi connectivity index (χ2n) is 4.12. The van der Waals surface area contributed by atoms with Gasteiger partial charge in [0.15, 0.2) is 0 Å². The van der Waals surface area contributed by atoms with Crippen molar-refractivity contribution in [2.45, 2.75) is 65.3 Å². The van der Waals surface area contributed by atoms with Crippen LogP contribution in [0.4, 0.5) is 0 Å². The smallest absolute Gasteiger partial charge is 0.0466 e. The molecule has 92 valence electrons. The topological polar surface area (TPSA) is 21.3 Å². The van der Waals surface area contributed by atoms with Crippen LogP contribution in [0.25, 0.3) is 0 Å². The molecule has 15 heavy (non-hydrogen) atoms. The molecule has 0 aromatic carbocycles. The maximum absolute atomic E-state index is 5.58. The van der Waals surface area contributed by atoms with Gasteiger partial charge < -0.3 is 10.1 Å². The first-order valence-electron chi connectivity index (χ1n) is 6.66.